The third kappa shape index (κ3) is 3.36. The van der Waals surface area contributed by atoms with E-state index in [1.54, 1.807) is 0 Å². The van der Waals surface area contributed by atoms with Crippen molar-refractivity contribution in [2.75, 3.05) is 19.7 Å². The van der Waals surface area contributed by atoms with Gasteiger partial charge in [0.1, 0.15) is 0 Å². The molecule has 24 heavy (non-hydrogen) atoms. The molecule has 128 valence electrons. The first-order chi connectivity index (χ1) is 11.5. The molecule has 1 aliphatic rings. The Labute approximate surface area is 142 Å². The summed E-state index contributed by atoms with van der Waals surface area (Å²) in [5.74, 6) is 0.143. The maximum Gasteiger partial charge on any atom is 0.274 e. The van der Waals surface area contributed by atoms with Gasteiger partial charge in [-0.05, 0) is 68.9 Å². The number of amides is 1. The van der Waals surface area contributed by atoms with Gasteiger partial charge in [-0.3, -0.25) is 4.79 Å². The first-order valence-corrected chi connectivity index (χ1v) is 8.53. The Morgan fingerprint density at radius 2 is 1.92 bits per heavy atom. The summed E-state index contributed by atoms with van der Waals surface area (Å²) in [6, 6.07) is 8.12. The Morgan fingerprint density at radius 1 is 1.21 bits per heavy atom. The van der Waals surface area contributed by atoms with Crippen molar-refractivity contribution in [1.82, 2.24) is 14.7 Å². The van der Waals surface area contributed by atoms with Crippen LogP contribution in [-0.2, 0) is 0 Å². The summed E-state index contributed by atoms with van der Waals surface area (Å²) in [4.78, 5) is 14.6. The molecule has 5 heteroatoms. The molecular formula is C19H25N3O2. The van der Waals surface area contributed by atoms with E-state index in [1.165, 1.54) is 11.1 Å². The van der Waals surface area contributed by atoms with Crippen molar-refractivity contribution in [3.8, 4) is 5.69 Å². The highest BCUT2D eigenvalue weighted by atomic mass is 16.3. The molecule has 0 saturated carbocycles. The predicted octanol–water partition coefficient (Wildman–Crippen LogP) is 2.64. The molecule has 0 spiro atoms. The van der Waals surface area contributed by atoms with Crippen molar-refractivity contribution >= 4 is 5.91 Å². The fourth-order valence-corrected chi connectivity index (χ4v) is 3.47. The van der Waals surface area contributed by atoms with Gasteiger partial charge in [-0.15, -0.1) is 0 Å². The van der Waals surface area contributed by atoms with Gasteiger partial charge in [0, 0.05) is 25.4 Å². The summed E-state index contributed by atoms with van der Waals surface area (Å²) in [5.41, 5.74) is 4.75. The average Bonchev–Trinajstić information content (AvgIpc) is 2.95. The fraction of sp³-hybridized carbons (Fsp3) is 0.474. The highest BCUT2D eigenvalue weighted by Gasteiger charge is 2.26. The first kappa shape index (κ1) is 16.7. The highest BCUT2D eigenvalue weighted by Crippen LogP contribution is 2.20. The van der Waals surface area contributed by atoms with E-state index in [0.717, 1.165) is 30.8 Å². The van der Waals surface area contributed by atoms with Crippen LogP contribution in [-0.4, -0.2) is 45.4 Å². The number of nitrogens with zero attached hydrogens (tertiary/aromatic N) is 3. The molecule has 0 aliphatic carbocycles. The lowest BCUT2D eigenvalue weighted by Crippen LogP contribution is -2.41. The second kappa shape index (κ2) is 6.77. The molecule has 1 unspecified atom stereocenters. The molecule has 1 aromatic carbocycles. The Kier molecular flexibility index (Phi) is 4.71. The van der Waals surface area contributed by atoms with Crippen LogP contribution in [0.25, 0.3) is 5.69 Å². The number of hydrogen-bond acceptors (Lipinski definition) is 3. The number of aromatic nitrogens is 2. The van der Waals surface area contributed by atoms with Crippen molar-refractivity contribution < 1.29 is 9.90 Å². The van der Waals surface area contributed by atoms with Crippen LogP contribution in [0.15, 0.2) is 24.3 Å². The summed E-state index contributed by atoms with van der Waals surface area (Å²) >= 11 is 0. The van der Waals surface area contributed by atoms with E-state index in [0.29, 0.717) is 12.2 Å². The van der Waals surface area contributed by atoms with E-state index < -0.39 is 0 Å². The van der Waals surface area contributed by atoms with Gasteiger partial charge in [0.2, 0.25) is 0 Å². The second-order valence-corrected chi connectivity index (χ2v) is 6.87. The van der Waals surface area contributed by atoms with Crippen LogP contribution < -0.4 is 0 Å². The lowest BCUT2D eigenvalue weighted by Gasteiger charge is -2.31. The molecule has 1 amide bonds. The Morgan fingerprint density at radius 3 is 2.58 bits per heavy atom. The zero-order valence-corrected chi connectivity index (χ0v) is 14.6. The summed E-state index contributed by atoms with van der Waals surface area (Å²) in [6.07, 6.45) is 1.92. The second-order valence-electron chi connectivity index (χ2n) is 6.87. The SMILES string of the molecule is Cc1cc(C)cc(-n2nc(C(=O)N3CCCC(CO)C3)cc2C)c1. The van der Waals surface area contributed by atoms with Crippen LogP contribution in [0, 0.1) is 26.7 Å². The summed E-state index contributed by atoms with van der Waals surface area (Å²) < 4.78 is 1.83. The molecule has 1 fully saturated rings. The molecule has 1 aromatic heterocycles. The van der Waals surface area contributed by atoms with Crippen LogP contribution in [0.3, 0.4) is 0 Å². The van der Waals surface area contributed by atoms with Crippen molar-refractivity contribution in [1.29, 1.82) is 0 Å². The molecule has 5 nitrogen and oxygen atoms in total. The number of aliphatic hydroxyl groups excluding tert-OH is 1. The summed E-state index contributed by atoms with van der Waals surface area (Å²) in [5, 5.41) is 13.9. The van der Waals surface area contributed by atoms with Crippen molar-refractivity contribution in [2.45, 2.75) is 33.6 Å². The Bertz CT molecular complexity index is 731. The van der Waals surface area contributed by atoms with Crippen molar-refractivity contribution in [3.63, 3.8) is 0 Å². The lowest BCUT2D eigenvalue weighted by molar-refractivity contribution is 0.0614. The van der Waals surface area contributed by atoms with Crippen molar-refractivity contribution in [3.05, 3.63) is 46.8 Å². The van der Waals surface area contributed by atoms with E-state index in [9.17, 15) is 9.90 Å². The number of hydrogen-bond donors (Lipinski definition) is 1. The quantitative estimate of drug-likeness (QED) is 0.943. The molecule has 1 atom stereocenters. The monoisotopic (exact) mass is 327 g/mol. The van der Waals surface area contributed by atoms with E-state index in [1.807, 2.05) is 22.6 Å². The zero-order valence-electron chi connectivity index (χ0n) is 14.6. The maximum atomic E-state index is 12.8. The number of piperidine rings is 1. The molecule has 3 rings (SSSR count). The number of carbonyl (C=O) groups excluding carboxylic acids is 1. The highest BCUT2D eigenvalue weighted by molar-refractivity contribution is 5.92. The van der Waals surface area contributed by atoms with Crippen LogP contribution in [0.1, 0.15) is 40.2 Å². The van der Waals surface area contributed by atoms with E-state index in [2.05, 4.69) is 37.1 Å². The minimum atomic E-state index is -0.0422. The van der Waals surface area contributed by atoms with Crippen LogP contribution in [0.4, 0.5) is 0 Å². The average molecular weight is 327 g/mol. The molecule has 2 heterocycles. The fourth-order valence-electron chi connectivity index (χ4n) is 3.47. The normalized spacial score (nSPS) is 18.0. The topological polar surface area (TPSA) is 58.4 Å². The van der Waals surface area contributed by atoms with Gasteiger partial charge in [-0.2, -0.15) is 5.10 Å². The molecule has 0 bridgehead atoms. The number of aryl methyl sites for hydroxylation is 3. The van der Waals surface area contributed by atoms with Gasteiger partial charge in [-0.1, -0.05) is 6.07 Å². The van der Waals surface area contributed by atoms with E-state index in [-0.39, 0.29) is 18.4 Å². The Hall–Kier alpha value is -2.14. The Balaban J connectivity index is 1.87. The minimum Gasteiger partial charge on any atom is -0.396 e. The van der Waals surface area contributed by atoms with Gasteiger partial charge >= 0.3 is 0 Å². The van der Waals surface area contributed by atoms with Crippen LogP contribution in [0.2, 0.25) is 0 Å². The summed E-state index contributed by atoms with van der Waals surface area (Å²) in [7, 11) is 0. The third-order valence-electron chi connectivity index (χ3n) is 4.62. The number of rotatable bonds is 3. The van der Waals surface area contributed by atoms with Gasteiger partial charge in [-0.25, -0.2) is 4.68 Å². The molecule has 2 aromatic rings. The number of carbonyl (C=O) groups is 1. The first-order valence-electron chi connectivity index (χ1n) is 8.53. The number of likely N-dealkylation sites (tertiary alicyclic amines) is 1. The smallest absolute Gasteiger partial charge is 0.274 e. The number of benzene rings is 1. The maximum absolute atomic E-state index is 12.8. The van der Waals surface area contributed by atoms with Gasteiger partial charge in [0.25, 0.3) is 5.91 Å². The molecule has 1 saturated heterocycles. The number of aliphatic hydroxyl groups is 1. The largest absolute Gasteiger partial charge is 0.396 e. The van der Waals surface area contributed by atoms with Crippen LogP contribution >= 0.6 is 0 Å². The molecular weight excluding hydrogens is 302 g/mol. The molecule has 0 radical (unpaired) electrons. The van der Waals surface area contributed by atoms with Crippen LogP contribution in [0.5, 0.6) is 0 Å². The summed E-state index contributed by atoms with van der Waals surface area (Å²) in [6.45, 7) is 7.58. The van der Waals surface area contributed by atoms with Gasteiger partial charge < -0.3 is 10.0 Å². The third-order valence-corrected chi connectivity index (χ3v) is 4.62. The van der Waals surface area contributed by atoms with Gasteiger partial charge in [0.05, 0.1) is 5.69 Å². The lowest BCUT2D eigenvalue weighted by atomic mass is 9.99. The standard InChI is InChI=1S/C19H25N3O2/c1-13-7-14(2)9-17(8-13)22-15(3)10-18(20-22)19(24)21-6-4-5-16(11-21)12-23/h7-10,16,23H,4-6,11-12H2,1-3H3. The van der Waals surface area contributed by atoms with E-state index >= 15 is 0 Å². The molecule has 1 aliphatic heterocycles. The minimum absolute atomic E-state index is 0.0422. The van der Waals surface area contributed by atoms with Crippen molar-refractivity contribution in [2.24, 2.45) is 5.92 Å². The van der Waals surface area contributed by atoms with Gasteiger partial charge in [0.15, 0.2) is 5.69 Å². The zero-order chi connectivity index (χ0) is 17.3. The predicted molar refractivity (Wildman–Crippen MR) is 93.5 cm³/mol. The molecule has 1 N–H and O–H groups in total. The van der Waals surface area contributed by atoms with E-state index in [4.69, 9.17) is 0 Å².